The highest BCUT2D eigenvalue weighted by Crippen LogP contribution is 2.41. The van der Waals surface area contributed by atoms with Crippen LogP contribution in [0.3, 0.4) is 0 Å². The van der Waals surface area contributed by atoms with Gasteiger partial charge in [0.1, 0.15) is 17.4 Å². The third-order valence-electron chi connectivity index (χ3n) is 3.50. The fourth-order valence-electron chi connectivity index (χ4n) is 2.60. The van der Waals surface area contributed by atoms with E-state index < -0.39 is 0 Å². The topological polar surface area (TPSA) is 59.0 Å². The first-order chi connectivity index (χ1) is 9.70. The summed E-state index contributed by atoms with van der Waals surface area (Å²) in [6, 6.07) is 18.0. The average molecular weight is 262 g/mol. The number of allylic oxidation sites excluding steroid dienone is 1. The number of nitrogens with zero attached hydrogens (tertiary/aromatic N) is 1. The molecule has 0 bridgehead atoms. The standard InChI is InChI=1S/C17H14N2O/c1-11-5-4-6-12(9-11)16-13-7-2-3-8-15(13)20-17(19)14(16)10-18/h2-9,16H,19H2,1H3/t16-/m1/s1. The maximum atomic E-state index is 9.42. The molecule has 0 spiro atoms. The molecule has 3 nitrogen and oxygen atoms in total. The van der Waals surface area contributed by atoms with E-state index >= 15 is 0 Å². The van der Waals surface area contributed by atoms with E-state index in [9.17, 15) is 5.26 Å². The number of para-hydroxylation sites is 1. The lowest BCUT2D eigenvalue weighted by molar-refractivity contribution is 0.393. The molecule has 2 aromatic carbocycles. The minimum Gasteiger partial charge on any atom is -0.440 e. The number of nitrogens with two attached hydrogens (primary N) is 1. The normalized spacial score (nSPS) is 17.1. The molecule has 1 aliphatic rings. The van der Waals surface area contributed by atoms with E-state index in [-0.39, 0.29) is 11.8 Å². The summed E-state index contributed by atoms with van der Waals surface area (Å²) in [6.07, 6.45) is 0. The SMILES string of the molecule is Cc1cccc([C@H]2C(C#N)=C(N)Oc3ccccc32)c1. The van der Waals surface area contributed by atoms with Crippen molar-refractivity contribution in [3.8, 4) is 11.8 Å². The lowest BCUT2D eigenvalue weighted by Crippen LogP contribution is -2.20. The first kappa shape index (κ1) is 12.3. The molecule has 20 heavy (non-hydrogen) atoms. The van der Waals surface area contributed by atoms with Crippen molar-refractivity contribution in [2.75, 3.05) is 0 Å². The van der Waals surface area contributed by atoms with Crippen LogP contribution in [0.15, 0.2) is 60.0 Å². The number of hydrogen-bond acceptors (Lipinski definition) is 3. The zero-order valence-corrected chi connectivity index (χ0v) is 11.1. The van der Waals surface area contributed by atoms with Crippen molar-refractivity contribution in [1.29, 1.82) is 5.26 Å². The highest BCUT2D eigenvalue weighted by Gasteiger charge is 2.30. The number of nitriles is 1. The number of ether oxygens (including phenoxy) is 1. The second-order valence-electron chi connectivity index (χ2n) is 4.88. The van der Waals surface area contributed by atoms with Gasteiger partial charge in [-0.15, -0.1) is 0 Å². The molecular formula is C17H14N2O. The monoisotopic (exact) mass is 262 g/mol. The van der Waals surface area contributed by atoms with Crippen LogP contribution in [0.1, 0.15) is 22.6 Å². The molecule has 0 aromatic heterocycles. The first-order valence-corrected chi connectivity index (χ1v) is 6.44. The van der Waals surface area contributed by atoms with E-state index in [2.05, 4.69) is 12.1 Å². The molecule has 0 amide bonds. The van der Waals surface area contributed by atoms with Crippen LogP contribution in [-0.4, -0.2) is 0 Å². The highest BCUT2D eigenvalue weighted by atomic mass is 16.5. The number of hydrogen-bond donors (Lipinski definition) is 1. The molecule has 1 heterocycles. The summed E-state index contributed by atoms with van der Waals surface area (Å²) in [7, 11) is 0. The number of benzene rings is 2. The third kappa shape index (κ3) is 1.92. The largest absolute Gasteiger partial charge is 0.440 e. The number of aryl methyl sites for hydroxylation is 1. The van der Waals surface area contributed by atoms with E-state index in [0.29, 0.717) is 5.57 Å². The third-order valence-corrected chi connectivity index (χ3v) is 3.50. The molecule has 3 rings (SSSR count). The summed E-state index contributed by atoms with van der Waals surface area (Å²) in [5.74, 6) is 0.748. The molecule has 0 unspecified atom stereocenters. The predicted molar refractivity (Wildman–Crippen MR) is 76.9 cm³/mol. The molecule has 0 saturated carbocycles. The van der Waals surface area contributed by atoms with Crippen LogP contribution in [-0.2, 0) is 0 Å². The van der Waals surface area contributed by atoms with Crippen LogP contribution in [0, 0.1) is 18.3 Å². The van der Waals surface area contributed by atoms with Crippen molar-refractivity contribution in [3.63, 3.8) is 0 Å². The first-order valence-electron chi connectivity index (χ1n) is 6.44. The van der Waals surface area contributed by atoms with Gasteiger partial charge in [0.15, 0.2) is 0 Å². The summed E-state index contributed by atoms with van der Waals surface area (Å²) >= 11 is 0. The van der Waals surface area contributed by atoms with Gasteiger partial charge in [-0.1, -0.05) is 48.0 Å². The zero-order valence-electron chi connectivity index (χ0n) is 11.1. The van der Waals surface area contributed by atoms with Crippen molar-refractivity contribution in [2.45, 2.75) is 12.8 Å². The van der Waals surface area contributed by atoms with Crippen molar-refractivity contribution in [1.82, 2.24) is 0 Å². The zero-order chi connectivity index (χ0) is 14.1. The van der Waals surface area contributed by atoms with Gasteiger partial charge in [0, 0.05) is 5.56 Å². The van der Waals surface area contributed by atoms with Gasteiger partial charge >= 0.3 is 0 Å². The molecule has 3 heteroatoms. The fraction of sp³-hybridized carbons (Fsp3) is 0.118. The van der Waals surface area contributed by atoms with E-state index in [1.54, 1.807) is 0 Å². The van der Waals surface area contributed by atoms with Crippen LogP contribution in [0.5, 0.6) is 5.75 Å². The van der Waals surface area contributed by atoms with Gasteiger partial charge in [-0.2, -0.15) is 5.26 Å². The van der Waals surface area contributed by atoms with Gasteiger partial charge in [0.25, 0.3) is 0 Å². The lowest BCUT2D eigenvalue weighted by Gasteiger charge is -2.26. The van der Waals surface area contributed by atoms with Crippen molar-refractivity contribution in [2.24, 2.45) is 5.73 Å². The van der Waals surface area contributed by atoms with Gasteiger partial charge in [-0.25, -0.2) is 0 Å². The van der Waals surface area contributed by atoms with Gasteiger partial charge < -0.3 is 10.5 Å². The Morgan fingerprint density at radius 3 is 2.70 bits per heavy atom. The molecule has 1 atom stereocenters. The van der Waals surface area contributed by atoms with Crippen LogP contribution in [0.2, 0.25) is 0 Å². The Labute approximate surface area is 117 Å². The summed E-state index contributed by atoms with van der Waals surface area (Å²) in [5.41, 5.74) is 9.56. The molecule has 0 fully saturated rings. The maximum absolute atomic E-state index is 9.42. The summed E-state index contributed by atoms with van der Waals surface area (Å²) in [6.45, 7) is 2.04. The number of fused-ring (bicyclic) bond motifs is 1. The number of rotatable bonds is 1. The molecule has 0 aliphatic carbocycles. The minimum atomic E-state index is -0.162. The van der Waals surface area contributed by atoms with Gasteiger partial charge in [0.2, 0.25) is 5.88 Å². The highest BCUT2D eigenvalue weighted by molar-refractivity contribution is 5.55. The fourth-order valence-corrected chi connectivity index (χ4v) is 2.60. The summed E-state index contributed by atoms with van der Waals surface area (Å²) in [4.78, 5) is 0. The Morgan fingerprint density at radius 1 is 1.15 bits per heavy atom. The molecule has 1 aliphatic heterocycles. The van der Waals surface area contributed by atoms with Crippen molar-refractivity contribution < 1.29 is 4.74 Å². The van der Waals surface area contributed by atoms with E-state index in [1.807, 2.05) is 49.4 Å². The molecule has 98 valence electrons. The van der Waals surface area contributed by atoms with Gasteiger partial charge in [-0.3, -0.25) is 0 Å². The lowest BCUT2D eigenvalue weighted by atomic mass is 9.83. The van der Waals surface area contributed by atoms with E-state index in [1.165, 1.54) is 0 Å². The maximum Gasteiger partial charge on any atom is 0.205 e. The average Bonchev–Trinajstić information content (AvgIpc) is 2.45. The van der Waals surface area contributed by atoms with Crippen LogP contribution >= 0.6 is 0 Å². The Bertz CT molecular complexity index is 741. The minimum absolute atomic E-state index is 0.162. The second-order valence-corrected chi connectivity index (χ2v) is 4.88. The molecule has 0 saturated heterocycles. The molecule has 2 aromatic rings. The van der Waals surface area contributed by atoms with Crippen molar-refractivity contribution in [3.05, 3.63) is 76.7 Å². The molecule has 0 radical (unpaired) electrons. The van der Waals surface area contributed by atoms with Gasteiger partial charge in [-0.05, 0) is 18.6 Å². The van der Waals surface area contributed by atoms with Crippen LogP contribution < -0.4 is 10.5 Å². The Hall–Kier alpha value is -2.73. The van der Waals surface area contributed by atoms with Crippen molar-refractivity contribution >= 4 is 0 Å². The van der Waals surface area contributed by atoms with Gasteiger partial charge in [0.05, 0.1) is 5.92 Å². The van der Waals surface area contributed by atoms with Crippen LogP contribution in [0.4, 0.5) is 0 Å². The second kappa shape index (κ2) is 4.75. The summed E-state index contributed by atoms with van der Waals surface area (Å²) in [5, 5.41) is 9.42. The Kier molecular flexibility index (Phi) is 2.92. The van der Waals surface area contributed by atoms with E-state index in [0.717, 1.165) is 22.4 Å². The Morgan fingerprint density at radius 2 is 1.95 bits per heavy atom. The predicted octanol–water partition coefficient (Wildman–Crippen LogP) is 3.21. The van der Waals surface area contributed by atoms with E-state index in [4.69, 9.17) is 10.5 Å². The quantitative estimate of drug-likeness (QED) is 0.858. The molecule has 2 N–H and O–H groups in total. The smallest absolute Gasteiger partial charge is 0.205 e. The summed E-state index contributed by atoms with van der Waals surface area (Å²) < 4.78 is 5.55. The Balaban J connectivity index is 2.23. The molecular weight excluding hydrogens is 248 g/mol. The van der Waals surface area contributed by atoms with Crippen LogP contribution in [0.25, 0.3) is 0 Å².